The van der Waals surface area contributed by atoms with Crippen molar-refractivity contribution < 1.29 is 10.3 Å². The molecule has 0 atom stereocenters. The van der Waals surface area contributed by atoms with Crippen molar-refractivity contribution >= 4 is 11.5 Å². The van der Waals surface area contributed by atoms with E-state index in [1.165, 1.54) is 0 Å². The first kappa shape index (κ1) is 12.7. The molecule has 1 aliphatic heterocycles. The van der Waals surface area contributed by atoms with Gasteiger partial charge in [-0.25, -0.2) is 0 Å². The zero-order valence-electron chi connectivity index (χ0n) is 10.5. The molecule has 0 saturated carbocycles. The number of amidine groups is 1. The quantitative estimate of drug-likeness (QED) is 0.317. The fourth-order valence-electron chi connectivity index (χ4n) is 2.43. The van der Waals surface area contributed by atoms with Gasteiger partial charge in [0.15, 0.2) is 5.84 Å². The van der Waals surface area contributed by atoms with Crippen LogP contribution < -0.4 is 10.6 Å². The SMILES string of the molecule is Cc1cccc(/C(N)=N/O)c1N1CCC(O)CC1. The normalized spacial score (nSPS) is 18.1. The van der Waals surface area contributed by atoms with Crippen LogP contribution in [0.3, 0.4) is 0 Å². The largest absolute Gasteiger partial charge is 0.409 e. The number of nitrogens with two attached hydrogens (primary N) is 1. The molecule has 0 amide bonds. The number of para-hydroxylation sites is 1. The third-order valence-corrected chi connectivity index (χ3v) is 3.40. The van der Waals surface area contributed by atoms with Crippen molar-refractivity contribution in [3.8, 4) is 0 Å². The Labute approximate surface area is 107 Å². The molecule has 0 unspecified atom stereocenters. The molecule has 1 saturated heterocycles. The van der Waals surface area contributed by atoms with Crippen LogP contribution in [0.15, 0.2) is 23.4 Å². The first-order chi connectivity index (χ1) is 8.63. The number of rotatable bonds is 2. The molecule has 98 valence electrons. The maximum atomic E-state index is 9.55. The van der Waals surface area contributed by atoms with Crippen LogP contribution >= 0.6 is 0 Å². The monoisotopic (exact) mass is 249 g/mol. The molecule has 0 aliphatic carbocycles. The van der Waals surface area contributed by atoms with Gasteiger partial charge in [0.1, 0.15) is 0 Å². The van der Waals surface area contributed by atoms with Crippen LogP contribution in [0.5, 0.6) is 0 Å². The van der Waals surface area contributed by atoms with E-state index in [0.29, 0.717) is 0 Å². The molecule has 4 N–H and O–H groups in total. The summed E-state index contributed by atoms with van der Waals surface area (Å²) < 4.78 is 0. The number of anilines is 1. The lowest BCUT2D eigenvalue weighted by molar-refractivity contribution is 0.145. The van der Waals surface area contributed by atoms with Crippen molar-refractivity contribution in [3.63, 3.8) is 0 Å². The van der Waals surface area contributed by atoms with Gasteiger partial charge in [-0.2, -0.15) is 0 Å². The highest BCUT2D eigenvalue weighted by Crippen LogP contribution is 2.28. The van der Waals surface area contributed by atoms with E-state index in [9.17, 15) is 5.11 Å². The van der Waals surface area contributed by atoms with E-state index in [1.807, 2.05) is 25.1 Å². The summed E-state index contributed by atoms with van der Waals surface area (Å²) in [5.41, 5.74) is 8.56. The Morgan fingerprint density at radius 2 is 2.06 bits per heavy atom. The molecule has 0 bridgehead atoms. The Kier molecular flexibility index (Phi) is 3.72. The first-order valence-electron chi connectivity index (χ1n) is 6.14. The van der Waals surface area contributed by atoms with E-state index in [1.54, 1.807) is 0 Å². The van der Waals surface area contributed by atoms with Gasteiger partial charge in [-0.3, -0.25) is 0 Å². The number of piperidine rings is 1. The van der Waals surface area contributed by atoms with Crippen molar-refractivity contribution in [1.29, 1.82) is 0 Å². The van der Waals surface area contributed by atoms with Gasteiger partial charge >= 0.3 is 0 Å². The highest BCUT2D eigenvalue weighted by Gasteiger charge is 2.21. The van der Waals surface area contributed by atoms with Crippen molar-refractivity contribution in [2.45, 2.75) is 25.9 Å². The summed E-state index contributed by atoms with van der Waals surface area (Å²) in [6.07, 6.45) is 1.30. The van der Waals surface area contributed by atoms with Gasteiger partial charge in [-0.05, 0) is 31.4 Å². The number of hydrogen-bond donors (Lipinski definition) is 3. The van der Waals surface area contributed by atoms with Crippen molar-refractivity contribution in [2.24, 2.45) is 10.9 Å². The topological polar surface area (TPSA) is 82.1 Å². The molecule has 5 heteroatoms. The maximum absolute atomic E-state index is 9.55. The number of aliphatic hydroxyl groups is 1. The molecule has 0 aromatic heterocycles. The van der Waals surface area contributed by atoms with Gasteiger partial charge in [-0.15, -0.1) is 0 Å². The van der Waals surface area contributed by atoms with Gasteiger partial charge in [0.25, 0.3) is 0 Å². The first-order valence-corrected chi connectivity index (χ1v) is 6.14. The van der Waals surface area contributed by atoms with Crippen LogP contribution in [-0.4, -0.2) is 35.3 Å². The molecule has 1 aromatic carbocycles. The highest BCUT2D eigenvalue weighted by atomic mass is 16.4. The minimum Gasteiger partial charge on any atom is -0.409 e. The van der Waals surface area contributed by atoms with E-state index in [0.717, 1.165) is 42.7 Å². The minimum absolute atomic E-state index is 0.125. The molecule has 18 heavy (non-hydrogen) atoms. The number of hydrogen-bond acceptors (Lipinski definition) is 4. The Morgan fingerprint density at radius 3 is 2.67 bits per heavy atom. The highest BCUT2D eigenvalue weighted by molar-refractivity contribution is 6.02. The number of benzene rings is 1. The van der Waals surface area contributed by atoms with Crippen LogP contribution in [0.1, 0.15) is 24.0 Å². The molecule has 2 rings (SSSR count). The predicted molar refractivity (Wildman–Crippen MR) is 71.1 cm³/mol. The Hall–Kier alpha value is -1.75. The van der Waals surface area contributed by atoms with Crippen LogP contribution in [0.2, 0.25) is 0 Å². The number of aryl methyl sites for hydroxylation is 1. The van der Waals surface area contributed by atoms with Crippen molar-refractivity contribution in [1.82, 2.24) is 0 Å². The van der Waals surface area contributed by atoms with Crippen LogP contribution in [0.25, 0.3) is 0 Å². The molecule has 1 fully saturated rings. The van der Waals surface area contributed by atoms with E-state index >= 15 is 0 Å². The second kappa shape index (κ2) is 5.27. The van der Waals surface area contributed by atoms with Crippen LogP contribution in [0, 0.1) is 6.92 Å². The lowest BCUT2D eigenvalue weighted by atomic mass is 10.0. The zero-order valence-corrected chi connectivity index (χ0v) is 10.5. The van der Waals surface area contributed by atoms with Crippen LogP contribution in [-0.2, 0) is 0 Å². The smallest absolute Gasteiger partial charge is 0.172 e. The molecule has 1 aromatic rings. The van der Waals surface area contributed by atoms with Crippen molar-refractivity contribution in [2.75, 3.05) is 18.0 Å². The Morgan fingerprint density at radius 1 is 1.39 bits per heavy atom. The van der Waals surface area contributed by atoms with Crippen LogP contribution in [0.4, 0.5) is 5.69 Å². The van der Waals surface area contributed by atoms with E-state index < -0.39 is 0 Å². The van der Waals surface area contributed by atoms with E-state index in [-0.39, 0.29) is 11.9 Å². The summed E-state index contributed by atoms with van der Waals surface area (Å²) in [6, 6.07) is 5.75. The maximum Gasteiger partial charge on any atom is 0.172 e. The third kappa shape index (κ3) is 2.41. The number of oxime groups is 1. The van der Waals surface area contributed by atoms with Gasteiger partial charge in [0.2, 0.25) is 0 Å². The molecule has 5 nitrogen and oxygen atoms in total. The molecule has 1 heterocycles. The summed E-state index contributed by atoms with van der Waals surface area (Å²) in [5.74, 6) is 0.125. The second-order valence-electron chi connectivity index (χ2n) is 4.67. The predicted octanol–water partition coefficient (Wildman–Crippen LogP) is 1.05. The number of nitrogens with zero attached hydrogens (tertiary/aromatic N) is 2. The van der Waals surface area contributed by atoms with Gasteiger partial charge in [0, 0.05) is 18.7 Å². The van der Waals surface area contributed by atoms with Gasteiger partial charge < -0.3 is 20.9 Å². The van der Waals surface area contributed by atoms with Crippen molar-refractivity contribution in [3.05, 3.63) is 29.3 Å². The number of aliphatic hydroxyl groups excluding tert-OH is 1. The summed E-state index contributed by atoms with van der Waals surface area (Å²) in [7, 11) is 0. The molecular weight excluding hydrogens is 230 g/mol. The Bertz CT molecular complexity index is 452. The minimum atomic E-state index is -0.211. The lowest BCUT2D eigenvalue weighted by Gasteiger charge is -2.33. The lowest BCUT2D eigenvalue weighted by Crippen LogP contribution is -2.37. The second-order valence-corrected chi connectivity index (χ2v) is 4.67. The molecular formula is C13H19N3O2. The average Bonchev–Trinajstić information content (AvgIpc) is 2.39. The zero-order chi connectivity index (χ0) is 13.1. The average molecular weight is 249 g/mol. The standard InChI is InChI=1S/C13H19N3O2/c1-9-3-2-4-11(13(14)15-18)12(9)16-7-5-10(17)6-8-16/h2-4,10,17-18H,5-8H2,1H3,(H2,14,15). The van der Waals surface area contributed by atoms with Gasteiger partial charge in [0.05, 0.1) is 11.8 Å². The Balaban J connectivity index is 2.37. The summed E-state index contributed by atoms with van der Waals surface area (Å²) in [4.78, 5) is 2.19. The van der Waals surface area contributed by atoms with Gasteiger partial charge in [-0.1, -0.05) is 17.3 Å². The molecule has 0 spiro atoms. The van der Waals surface area contributed by atoms with E-state index in [4.69, 9.17) is 10.9 Å². The fourth-order valence-corrected chi connectivity index (χ4v) is 2.43. The molecule has 0 radical (unpaired) electrons. The molecule has 1 aliphatic rings. The fraction of sp³-hybridized carbons (Fsp3) is 0.462. The summed E-state index contributed by atoms with van der Waals surface area (Å²) in [6.45, 7) is 3.59. The summed E-state index contributed by atoms with van der Waals surface area (Å²) >= 11 is 0. The third-order valence-electron chi connectivity index (χ3n) is 3.40. The van der Waals surface area contributed by atoms with E-state index in [2.05, 4.69) is 10.1 Å². The summed E-state index contributed by atoms with van der Waals surface area (Å²) in [5, 5.41) is 21.5.